The first-order valence-corrected chi connectivity index (χ1v) is 7.04. The molecule has 0 bridgehead atoms. The van der Waals surface area contributed by atoms with Crippen LogP contribution in [0, 0.1) is 6.92 Å². The Morgan fingerprint density at radius 3 is 2.60 bits per heavy atom. The van der Waals surface area contributed by atoms with Gasteiger partial charge < -0.3 is 4.74 Å². The molecule has 0 radical (unpaired) electrons. The van der Waals surface area contributed by atoms with Gasteiger partial charge in [0.2, 0.25) is 0 Å². The lowest BCUT2D eigenvalue weighted by Crippen LogP contribution is -2.23. The van der Waals surface area contributed by atoms with Crippen molar-refractivity contribution in [3.05, 3.63) is 65.2 Å². The van der Waals surface area contributed by atoms with Gasteiger partial charge in [0.1, 0.15) is 18.1 Å². The van der Waals surface area contributed by atoms with E-state index in [2.05, 4.69) is 6.07 Å². The van der Waals surface area contributed by atoms with Crippen LogP contribution < -0.4 is 4.74 Å². The van der Waals surface area contributed by atoms with E-state index in [9.17, 15) is 4.79 Å². The molecule has 0 saturated heterocycles. The van der Waals surface area contributed by atoms with E-state index in [0.29, 0.717) is 18.8 Å². The number of Topliss-reactive ketones (excluding diaryl/α,β-unsaturated/α-hetero) is 1. The van der Waals surface area contributed by atoms with Crippen molar-refractivity contribution < 1.29 is 9.53 Å². The monoisotopic (exact) mass is 266 g/mol. The van der Waals surface area contributed by atoms with Gasteiger partial charge in [0.05, 0.1) is 0 Å². The van der Waals surface area contributed by atoms with Gasteiger partial charge in [-0.3, -0.25) is 4.79 Å². The first kappa shape index (κ1) is 12.9. The van der Waals surface area contributed by atoms with Gasteiger partial charge in [-0.2, -0.15) is 0 Å². The Morgan fingerprint density at radius 1 is 1.15 bits per heavy atom. The molecule has 1 unspecified atom stereocenters. The van der Waals surface area contributed by atoms with Crippen molar-refractivity contribution in [3.63, 3.8) is 0 Å². The SMILES string of the molecule is Cc1ccc(C2CCC2=O)c(OCc2ccccc2)c1. The zero-order chi connectivity index (χ0) is 13.9. The Bertz CT molecular complexity index is 617. The topological polar surface area (TPSA) is 26.3 Å². The van der Waals surface area contributed by atoms with Gasteiger partial charge in [-0.15, -0.1) is 0 Å². The zero-order valence-corrected chi connectivity index (χ0v) is 11.6. The van der Waals surface area contributed by atoms with E-state index >= 15 is 0 Å². The Kier molecular flexibility index (Phi) is 3.55. The molecule has 1 atom stereocenters. The van der Waals surface area contributed by atoms with E-state index in [1.54, 1.807) is 0 Å². The molecule has 1 saturated carbocycles. The van der Waals surface area contributed by atoms with E-state index in [-0.39, 0.29) is 5.92 Å². The van der Waals surface area contributed by atoms with Gasteiger partial charge in [0, 0.05) is 17.9 Å². The minimum Gasteiger partial charge on any atom is -0.489 e. The van der Waals surface area contributed by atoms with Crippen molar-refractivity contribution in [2.45, 2.75) is 32.3 Å². The van der Waals surface area contributed by atoms with Gasteiger partial charge in [0.25, 0.3) is 0 Å². The summed E-state index contributed by atoms with van der Waals surface area (Å²) in [7, 11) is 0. The summed E-state index contributed by atoms with van der Waals surface area (Å²) in [5, 5.41) is 0. The third kappa shape index (κ3) is 2.60. The van der Waals surface area contributed by atoms with Crippen LogP contribution in [0.5, 0.6) is 5.75 Å². The molecule has 3 rings (SSSR count). The minimum atomic E-state index is 0.0429. The lowest BCUT2D eigenvalue weighted by molar-refractivity contribution is -0.125. The molecule has 102 valence electrons. The fourth-order valence-electron chi connectivity index (χ4n) is 2.53. The van der Waals surface area contributed by atoms with Crippen molar-refractivity contribution in [3.8, 4) is 5.75 Å². The molecule has 0 N–H and O–H groups in total. The number of hydrogen-bond acceptors (Lipinski definition) is 2. The summed E-state index contributed by atoms with van der Waals surface area (Å²) in [5.41, 5.74) is 3.34. The van der Waals surface area contributed by atoms with E-state index in [4.69, 9.17) is 4.74 Å². The second-order valence-corrected chi connectivity index (χ2v) is 5.37. The Balaban J connectivity index is 1.81. The van der Waals surface area contributed by atoms with Crippen molar-refractivity contribution in [2.24, 2.45) is 0 Å². The highest BCUT2D eigenvalue weighted by atomic mass is 16.5. The van der Waals surface area contributed by atoms with Crippen LogP contribution in [0.2, 0.25) is 0 Å². The van der Waals surface area contributed by atoms with Crippen LogP contribution in [0.3, 0.4) is 0 Å². The first-order chi connectivity index (χ1) is 9.74. The maximum Gasteiger partial charge on any atom is 0.140 e. The summed E-state index contributed by atoms with van der Waals surface area (Å²) in [6, 6.07) is 16.2. The molecule has 0 aliphatic heterocycles. The smallest absolute Gasteiger partial charge is 0.140 e. The van der Waals surface area contributed by atoms with Crippen molar-refractivity contribution >= 4 is 5.78 Å². The third-order valence-corrected chi connectivity index (χ3v) is 3.85. The highest BCUT2D eigenvalue weighted by molar-refractivity contribution is 5.91. The highest BCUT2D eigenvalue weighted by Gasteiger charge is 2.31. The molecule has 2 heteroatoms. The third-order valence-electron chi connectivity index (χ3n) is 3.85. The maximum absolute atomic E-state index is 11.7. The maximum atomic E-state index is 11.7. The summed E-state index contributed by atoms with van der Waals surface area (Å²) in [6.07, 6.45) is 1.65. The molecule has 1 aliphatic carbocycles. The minimum absolute atomic E-state index is 0.0429. The first-order valence-electron chi connectivity index (χ1n) is 7.04. The van der Waals surface area contributed by atoms with Gasteiger partial charge in [-0.05, 0) is 30.5 Å². The molecule has 20 heavy (non-hydrogen) atoms. The van der Waals surface area contributed by atoms with Crippen LogP contribution in [0.15, 0.2) is 48.5 Å². The Morgan fingerprint density at radius 2 is 1.95 bits per heavy atom. The number of carbonyl (C=O) groups excluding carboxylic acids is 1. The molecule has 2 aromatic carbocycles. The standard InChI is InChI=1S/C18H18O2/c1-13-7-8-16(15-9-10-17(15)19)18(11-13)20-12-14-5-3-2-4-6-14/h2-8,11,15H,9-10,12H2,1H3. The number of rotatable bonds is 4. The molecule has 0 aromatic heterocycles. The van der Waals surface area contributed by atoms with Gasteiger partial charge in [-0.1, -0.05) is 42.5 Å². The van der Waals surface area contributed by atoms with E-state index < -0.39 is 0 Å². The molecule has 0 heterocycles. The second kappa shape index (κ2) is 5.49. The number of benzene rings is 2. The van der Waals surface area contributed by atoms with Crippen LogP contribution >= 0.6 is 0 Å². The molecule has 2 nitrogen and oxygen atoms in total. The average Bonchev–Trinajstić information content (AvgIpc) is 2.47. The van der Waals surface area contributed by atoms with Crippen molar-refractivity contribution in [1.82, 2.24) is 0 Å². The van der Waals surface area contributed by atoms with Crippen LogP contribution in [-0.2, 0) is 11.4 Å². The molecule has 1 fully saturated rings. The number of aryl methyl sites for hydroxylation is 1. The number of ketones is 1. The van der Waals surface area contributed by atoms with Crippen molar-refractivity contribution in [1.29, 1.82) is 0 Å². The van der Waals surface area contributed by atoms with Gasteiger partial charge in [-0.25, -0.2) is 0 Å². The lowest BCUT2D eigenvalue weighted by atomic mass is 9.78. The zero-order valence-electron chi connectivity index (χ0n) is 11.6. The molecule has 2 aromatic rings. The van der Waals surface area contributed by atoms with Gasteiger partial charge >= 0.3 is 0 Å². The highest BCUT2D eigenvalue weighted by Crippen LogP contribution is 2.38. The van der Waals surface area contributed by atoms with Crippen LogP contribution in [-0.4, -0.2) is 5.78 Å². The van der Waals surface area contributed by atoms with E-state index in [1.807, 2.05) is 49.4 Å². The molecule has 0 spiro atoms. The Labute approximate surface area is 119 Å². The predicted octanol–water partition coefficient (Wildman–Crippen LogP) is 4.02. The number of ether oxygens (including phenoxy) is 1. The summed E-state index contributed by atoms with van der Waals surface area (Å²) in [6.45, 7) is 2.58. The van der Waals surface area contributed by atoms with E-state index in [1.165, 1.54) is 0 Å². The molecule has 0 amide bonds. The van der Waals surface area contributed by atoms with Crippen molar-refractivity contribution in [2.75, 3.05) is 0 Å². The molecule has 1 aliphatic rings. The normalized spacial score (nSPS) is 17.6. The quantitative estimate of drug-likeness (QED) is 0.835. The average molecular weight is 266 g/mol. The summed E-state index contributed by atoms with van der Waals surface area (Å²) >= 11 is 0. The lowest BCUT2D eigenvalue weighted by Gasteiger charge is -2.26. The van der Waals surface area contributed by atoms with Gasteiger partial charge in [0.15, 0.2) is 0 Å². The van der Waals surface area contributed by atoms with E-state index in [0.717, 1.165) is 28.9 Å². The van der Waals surface area contributed by atoms with Crippen LogP contribution in [0.4, 0.5) is 0 Å². The fraction of sp³-hybridized carbons (Fsp3) is 0.278. The largest absolute Gasteiger partial charge is 0.489 e. The number of carbonyl (C=O) groups is 1. The van der Waals surface area contributed by atoms with Crippen LogP contribution in [0.1, 0.15) is 35.4 Å². The predicted molar refractivity (Wildman–Crippen MR) is 78.9 cm³/mol. The number of hydrogen-bond donors (Lipinski definition) is 0. The van der Waals surface area contributed by atoms with Crippen LogP contribution in [0.25, 0.3) is 0 Å². The summed E-state index contributed by atoms with van der Waals surface area (Å²) < 4.78 is 5.96. The molecular weight excluding hydrogens is 248 g/mol. The summed E-state index contributed by atoms with van der Waals surface area (Å²) in [5.74, 6) is 1.23. The molecular formula is C18H18O2. The summed E-state index contributed by atoms with van der Waals surface area (Å²) in [4.78, 5) is 11.7. The second-order valence-electron chi connectivity index (χ2n) is 5.37. The Hall–Kier alpha value is -2.09. The fourth-order valence-corrected chi connectivity index (χ4v) is 2.53.